The summed E-state index contributed by atoms with van der Waals surface area (Å²) in [6.45, 7) is 3.61. The molecule has 3 heteroatoms. The molecule has 2 aromatic rings. The third-order valence-electron chi connectivity index (χ3n) is 4.50. The Morgan fingerprint density at radius 3 is 2.80 bits per heavy atom. The summed E-state index contributed by atoms with van der Waals surface area (Å²) < 4.78 is 4.98. The average Bonchev–Trinajstić information content (AvgIpc) is 2.89. The van der Waals surface area contributed by atoms with E-state index in [1.54, 1.807) is 0 Å². The lowest BCUT2D eigenvalue weighted by atomic mass is 9.72. The number of nitrogens with one attached hydrogen (secondary N) is 1. The number of carbonyl (C=O) groups is 1. The average molecular weight is 269 g/mol. The van der Waals surface area contributed by atoms with Gasteiger partial charge in [-0.3, -0.25) is 4.79 Å². The highest BCUT2D eigenvalue weighted by atomic mass is 16.5. The van der Waals surface area contributed by atoms with Crippen LogP contribution in [-0.2, 0) is 14.9 Å². The molecule has 0 amide bonds. The van der Waals surface area contributed by atoms with Gasteiger partial charge in [-0.15, -0.1) is 0 Å². The quantitative estimate of drug-likeness (QED) is 0.851. The van der Waals surface area contributed by atoms with E-state index in [0.29, 0.717) is 6.54 Å². The Hall–Kier alpha value is -1.87. The molecule has 0 radical (unpaired) electrons. The fourth-order valence-electron chi connectivity index (χ4n) is 3.32. The Morgan fingerprint density at radius 1 is 1.25 bits per heavy atom. The second-order valence-electron chi connectivity index (χ2n) is 5.65. The largest absolute Gasteiger partial charge is 0.469 e. The van der Waals surface area contributed by atoms with Gasteiger partial charge in [-0.25, -0.2) is 0 Å². The van der Waals surface area contributed by atoms with E-state index in [0.717, 1.165) is 6.54 Å². The van der Waals surface area contributed by atoms with Crippen LogP contribution in [0.15, 0.2) is 42.5 Å². The Balaban J connectivity index is 2.16. The first kappa shape index (κ1) is 13.1. The molecule has 0 saturated carbocycles. The molecule has 2 unspecified atom stereocenters. The first-order chi connectivity index (χ1) is 9.66. The molecule has 1 aliphatic rings. The molecule has 0 aromatic heterocycles. The minimum absolute atomic E-state index is 0.134. The molecule has 3 rings (SSSR count). The second-order valence-corrected chi connectivity index (χ2v) is 5.65. The van der Waals surface area contributed by atoms with Crippen molar-refractivity contribution < 1.29 is 9.53 Å². The second kappa shape index (κ2) is 4.91. The fraction of sp³-hybridized carbons (Fsp3) is 0.353. The molecule has 0 aliphatic carbocycles. The van der Waals surface area contributed by atoms with Crippen molar-refractivity contribution in [2.45, 2.75) is 12.3 Å². The van der Waals surface area contributed by atoms with Gasteiger partial charge in [0, 0.05) is 18.5 Å². The smallest absolute Gasteiger partial charge is 0.310 e. The van der Waals surface area contributed by atoms with Gasteiger partial charge in [0.05, 0.1) is 13.0 Å². The highest BCUT2D eigenvalue weighted by Crippen LogP contribution is 2.39. The Labute approximate surface area is 118 Å². The molecule has 1 saturated heterocycles. The van der Waals surface area contributed by atoms with Crippen molar-refractivity contribution in [1.82, 2.24) is 5.32 Å². The minimum Gasteiger partial charge on any atom is -0.469 e. The zero-order valence-electron chi connectivity index (χ0n) is 11.8. The predicted octanol–water partition coefficient (Wildman–Crippen LogP) is 2.49. The van der Waals surface area contributed by atoms with Gasteiger partial charge in [-0.1, -0.05) is 49.4 Å². The highest BCUT2D eigenvalue weighted by Gasteiger charge is 2.45. The van der Waals surface area contributed by atoms with Crippen LogP contribution in [0.1, 0.15) is 12.5 Å². The molecular weight excluding hydrogens is 250 g/mol. The van der Waals surface area contributed by atoms with Crippen LogP contribution in [0.3, 0.4) is 0 Å². The first-order valence-corrected chi connectivity index (χ1v) is 6.93. The van der Waals surface area contributed by atoms with Crippen molar-refractivity contribution >= 4 is 16.7 Å². The molecule has 2 aromatic carbocycles. The molecule has 1 fully saturated rings. The number of hydrogen-bond acceptors (Lipinski definition) is 3. The van der Waals surface area contributed by atoms with Gasteiger partial charge in [0.15, 0.2) is 0 Å². The number of benzene rings is 2. The molecule has 0 bridgehead atoms. The van der Waals surface area contributed by atoms with Crippen LogP contribution in [0, 0.1) is 5.92 Å². The monoisotopic (exact) mass is 269 g/mol. The SMILES string of the molecule is COC(=O)C1CNCC1(C)c1cccc2ccccc12. The minimum atomic E-state index is -0.228. The van der Waals surface area contributed by atoms with E-state index < -0.39 is 0 Å². The molecule has 0 spiro atoms. The van der Waals surface area contributed by atoms with Crippen LogP contribution in [0.2, 0.25) is 0 Å². The van der Waals surface area contributed by atoms with E-state index in [2.05, 4.69) is 42.6 Å². The lowest BCUT2D eigenvalue weighted by molar-refractivity contribution is -0.146. The van der Waals surface area contributed by atoms with Crippen LogP contribution >= 0.6 is 0 Å². The van der Waals surface area contributed by atoms with Gasteiger partial charge in [-0.05, 0) is 16.3 Å². The zero-order chi connectivity index (χ0) is 14.2. The summed E-state index contributed by atoms with van der Waals surface area (Å²) in [5.41, 5.74) is 0.990. The number of hydrogen-bond donors (Lipinski definition) is 1. The van der Waals surface area contributed by atoms with Crippen molar-refractivity contribution in [1.29, 1.82) is 0 Å². The van der Waals surface area contributed by atoms with Gasteiger partial charge >= 0.3 is 5.97 Å². The van der Waals surface area contributed by atoms with Crippen molar-refractivity contribution in [3.8, 4) is 0 Å². The number of fused-ring (bicyclic) bond motifs is 1. The molecule has 104 valence electrons. The van der Waals surface area contributed by atoms with E-state index in [1.807, 2.05) is 12.1 Å². The maximum atomic E-state index is 12.1. The van der Waals surface area contributed by atoms with Crippen molar-refractivity contribution in [3.63, 3.8) is 0 Å². The summed E-state index contributed by atoms with van der Waals surface area (Å²) in [5, 5.41) is 5.77. The molecule has 2 atom stereocenters. The lowest BCUT2D eigenvalue weighted by Crippen LogP contribution is -2.37. The zero-order valence-corrected chi connectivity index (χ0v) is 11.8. The van der Waals surface area contributed by atoms with Crippen LogP contribution in [0.5, 0.6) is 0 Å². The maximum absolute atomic E-state index is 12.1. The Morgan fingerprint density at radius 2 is 2.00 bits per heavy atom. The third-order valence-corrected chi connectivity index (χ3v) is 4.50. The number of carbonyl (C=O) groups excluding carboxylic acids is 1. The summed E-state index contributed by atoms with van der Waals surface area (Å²) in [6.07, 6.45) is 0. The number of ether oxygens (including phenoxy) is 1. The fourth-order valence-corrected chi connectivity index (χ4v) is 3.32. The van der Waals surface area contributed by atoms with Crippen LogP contribution in [0.4, 0.5) is 0 Å². The molecule has 3 nitrogen and oxygen atoms in total. The van der Waals surface area contributed by atoms with Crippen molar-refractivity contribution in [2.75, 3.05) is 20.2 Å². The van der Waals surface area contributed by atoms with E-state index in [9.17, 15) is 4.79 Å². The van der Waals surface area contributed by atoms with Gasteiger partial charge in [0.2, 0.25) is 0 Å². The third kappa shape index (κ3) is 1.90. The maximum Gasteiger partial charge on any atom is 0.310 e. The molecular formula is C17H19NO2. The number of rotatable bonds is 2. The van der Waals surface area contributed by atoms with E-state index in [1.165, 1.54) is 23.4 Å². The number of esters is 1. The van der Waals surface area contributed by atoms with Crippen LogP contribution < -0.4 is 5.32 Å². The molecule has 1 N–H and O–H groups in total. The van der Waals surface area contributed by atoms with Crippen molar-refractivity contribution in [3.05, 3.63) is 48.0 Å². The summed E-state index contributed by atoms with van der Waals surface area (Å²) in [6, 6.07) is 14.6. The number of methoxy groups -OCH3 is 1. The standard InChI is InChI=1S/C17H19NO2/c1-17(11-18-10-15(17)16(19)20-2)14-9-5-7-12-6-3-4-8-13(12)14/h3-9,15,18H,10-11H2,1-2H3. The van der Waals surface area contributed by atoms with Crippen LogP contribution in [0.25, 0.3) is 10.8 Å². The van der Waals surface area contributed by atoms with Gasteiger partial charge < -0.3 is 10.1 Å². The predicted molar refractivity (Wildman–Crippen MR) is 79.7 cm³/mol. The highest BCUT2D eigenvalue weighted by molar-refractivity contribution is 5.88. The molecule has 1 heterocycles. The van der Waals surface area contributed by atoms with Gasteiger partial charge in [0.25, 0.3) is 0 Å². The Bertz CT molecular complexity index is 647. The first-order valence-electron chi connectivity index (χ1n) is 6.93. The molecule has 20 heavy (non-hydrogen) atoms. The summed E-state index contributed by atoms with van der Waals surface area (Å²) in [7, 11) is 1.46. The molecule has 1 aliphatic heterocycles. The summed E-state index contributed by atoms with van der Waals surface area (Å²) in [5.74, 6) is -0.274. The summed E-state index contributed by atoms with van der Waals surface area (Å²) in [4.78, 5) is 12.1. The summed E-state index contributed by atoms with van der Waals surface area (Å²) >= 11 is 0. The van der Waals surface area contributed by atoms with E-state index in [-0.39, 0.29) is 17.3 Å². The van der Waals surface area contributed by atoms with Gasteiger partial charge in [-0.2, -0.15) is 0 Å². The van der Waals surface area contributed by atoms with E-state index in [4.69, 9.17) is 4.74 Å². The van der Waals surface area contributed by atoms with Gasteiger partial charge in [0.1, 0.15) is 0 Å². The van der Waals surface area contributed by atoms with Crippen molar-refractivity contribution in [2.24, 2.45) is 5.92 Å². The Kier molecular flexibility index (Phi) is 3.22. The van der Waals surface area contributed by atoms with E-state index >= 15 is 0 Å². The van der Waals surface area contributed by atoms with Crippen LogP contribution in [-0.4, -0.2) is 26.2 Å². The topological polar surface area (TPSA) is 38.3 Å². The normalized spacial score (nSPS) is 25.8. The lowest BCUT2D eigenvalue weighted by Gasteiger charge is -2.30.